The van der Waals surface area contributed by atoms with Gasteiger partial charge in [0, 0.05) is 25.6 Å². The van der Waals surface area contributed by atoms with E-state index >= 15 is 0 Å². The molecule has 1 fully saturated rings. The highest BCUT2D eigenvalue weighted by Gasteiger charge is 2.38. The number of nitrogens with zero attached hydrogens (tertiary/aromatic N) is 3. The summed E-state index contributed by atoms with van der Waals surface area (Å²) in [5, 5.41) is 7.84. The minimum atomic E-state index is -0.280. The molecule has 4 rings (SSSR count). The summed E-state index contributed by atoms with van der Waals surface area (Å²) in [6, 6.07) is 7.71. The lowest BCUT2D eigenvalue weighted by Crippen LogP contribution is -2.40. The molecule has 1 aliphatic heterocycles. The highest BCUT2D eigenvalue weighted by Crippen LogP contribution is 2.41. The van der Waals surface area contributed by atoms with Crippen molar-refractivity contribution in [2.24, 2.45) is 11.3 Å². The van der Waals surface area contributed by atoms with Gasteiger partial charge in [-0.05, 0) is 42.5 Å². The normalized spacial score (nSPS) is 23.0. The molecule has 1 N–H and O–H groups in total. The van der Waals surface area contributed by atoms with E-state index in [0.717, 1.165) is 35.5 Å². The van der Waals surface area contributed by atoms with E-state index in [-0.39, 0.29) is 35.6 Å². The number of likely N-dealkylation sites (tertiary alicyclic amines) is 1. The highest BCUT2D eigenvalue weighted by atomic mass is 16.5. The van der Waals surface area contributed by atoms with E-state index in [2.05, 4.69) is 24.3 Å². The minimum Gasteiger partial charge on any atom is -0.497 e. The van der Waals surface area contributed by atoms with Gasteiger partial charge in [-0.15, -0.1) is 0 Å². The molecule has 1 aromatic heterocycles. The monoisotopic (exact) mass is 396 g/mol. The quantitative estimate of drug-likeness (QED) is 0.861. The number of hydrogen-bond acceptors (Lipinski definition) is 4. The third-order valence-electron chi connectivity index (χ3n) is 6.02. The molecule has 0 radical (unpaired) electrons. The Labute approximate surface area is 171 Å². The second-order valence-corrected chi connectivity index (χ2v) is 8.94. The number of benzene rings is 1. The zero-order valence-corrected chi connectivity index (χ0v) is 17.4. The van der Waals surface area contributed by atoms with Gasteiger partial charge in [-0.1, -0.05) is 13.8 Å². The van der Waals surface area contributed by atoms with Gasteiger partial charge in [-0.2, -0.15) is 5.10 Å². The van der Waals surface area contributed by atoms with Crippen LogP contribution in [0.5, 0.6) is 5.75 Å². The van der Waals surface area contributed by atoms with Gasteiger partial charge in [0.05, 0.1) is 36.6 Å². The molecule has 1 aromatic carbocycles. The predicted molar refractivity (Wildman–Crippen MR) is 109 cm³/mol. The third kappa shape index (κ3) is 3.73. The van der Waals surface area contributed by atoms with Crippen LogP contribution in [0.1, 0.15) is 44.0 Å². The number of carbonyl (C=O) groups excluding carboxylic acids is 2. The second kappa shape index (κ2) is 7.21. The molecular weight excluding hydrogens is 368 g/mol. The number of aromatic nitrogens is 2. The van der Waals surface area contributed by atoms with Crippen molar-refractivity contribution in [3.8, 4) is 11.4 Å². The van der Waals surface area contributed by atoms with Gasteiger partial charge in [-0.3, -0.25) is 9.59 Å². The topological polar surface area (TPSA) is 76.5 Å². The lowest BCUT2D eigenvalue weighted by molar-refractivity contribution is -0.128. The van der Waals surface area contributed by atoms with Gasteiger partial charge >= 0.3 is 0 Å². The van der Waals surface area contributed by atoms with E-state index in [1.165, 1.54) is 0 Å². The smallest absolute Gasteiger partial charge is 0.225 e. The van der Waals surface area contributed by atoms with Crippen LogP contribution in [-0.2, 0) is 16.0 Å². The van der Waals surface area contributed by atoms with Crippen LogP contribution in [0.15, 0.2) is 30.5 Å². The van der Waals surface area contributed by atoms with Crippen LogP contribution in [0.4, 0.5) is 0 Å². The van der Waals surface area contributed by atoms with E-state index in [1.807, 2.05) is 35.1 Å². The number of fused-ring (bicyclic) bond motifs is 1. The molecule has 0 spiro atoms. The average molecular weight is 396 g/mol. The van der Waals surface area contributed by atoms with Gasteiger partial charge in [0.15, 0.2) is 0 Å². The van der Waals surface area contributed by atoms with Crippen LogP contribution >= 0.6 is 0 Å². The number of nitrogens with one attached hydrogen (secondary N) is 1. The number of methoxy groups -OCH3 is 1. The maximum absolute atomic E-state index is 12.8. The number of hydrogen-bond donors (Lipinski definition) is 1. The first-order valence-electron chi connectivity index (χ1n) is 10.0. The zero-order valence-electron chi connectivity index (χ0n) is 17.4. The summed E-state index contributed by atoms with van der Waals surface area (Å²) in [6.45, 7) is 4.92. The molecule has 2 atom stereocenters. The Bertz CT molecular complexity index is 932. The highest BCUT2D eigenvalue weighted by molar-refractivity contribution is 5.89. The molecule has 7 heteroatoms. The Morgan fingerprint density at radius 3 is 2.62 bits per heavy atom. The summed E-state index contributed by atoms with van der Waals surface area (Å²) in [7, 11) is 3.40. The maximum Gasteiger partial charge on any atom is 0.225 e. The third-order valence-corrected chi connectivity index (χ3v) is 6.02. The average Bonchev–Trinajstić information content (AvgIpc) is 3.24. The number of rotatable bonds is 4. The van der Waals surface area contributed by atoms with Crippen LogP contribution in [0.25, 0.3) is 5.69 Å². The van der Waals surface area contributed by atoms with E-state index < -0.39 is 0 Å². The van der Waals surface area contributed by atoms with Crippen molar-refractivity contribution in [1.29, 1.82) is 0 Å². The summed E-state index contributed by atoms with van der Waals surface area (Å²) in [5.41, 5.74) is 3.18. The van der Waals surface area contributed by atoms with Crippen molar-refractivity contribution in [2.75, 3.05) is 20.7 Å². The molecule has 2 amide bonds. The Morgan fingerprint density at radius 1 is 1.28 bits per heavy atom. The predicted octanol–water partition coefficient (Wildman–Crippen LogP) is 2.49. The Morgan fingerprint density at radius 2 is 2.00 bits per heavy atom. The molecule has 2 aromatic rings. The summed E-state index contributed by atoms with van der Waals surface area (Å²) in [6.07, 6.45) is 3.88. The Balaban J connectivity index is 1.61. The van der Waals surface area contributed by atoms with Crippen molar-refractivity contribution >= 4 is 11.8 Å². The van der Waals surface area contributed by atoms with Crippen LogP contribution in [0.3, 0.4) is 0 Å². The summed E-state index contributed by atoms with van der Waals surface area (Å²) < 4.78 is 7.21. The molecule has 1 saturated heterocycles. The molecule has 2 heterocycles. The Kier molecular flexibility index (Phi) is 4.84. The summed E-state index contributed by atoms with van der Waals surface area (Å²) in [4.78, 5) is 26.3. The van der Waals surface area contributed by atoms with Crippen molar-refractivity contribution in [3.05, 3.63) is 41.7 Å². The standard InChI is InChI=1S/C22H28N4O3/c1-22(2)10-18(24-21(28)14-9-20(27)25(3)13-14)17-12-23-26(19(17)11-22)15-5-7-16(29-4)8-6-15/h5-8,12,14,18H,9-11,13H2,1-4H3,(H,24,28). The first-order valence-corrected chi connectivity index (χ1v) is 10.0. The minimum absolute atomic E-state index is 0.0253. The zero-order chi connectivity index (χ0) is 20.8. The molecular formula is C22H28N4O3. The van der Waals surface area contributed by atoms with E-state index in [9.17, 15) is 9.59 Å². The van der Waals surface area contributed by atoms with Crippen LogP contribution < -0.4 is 10.1 Å². The van der Waals surface area contributed by atoms with Gasteiger partial charge in [0.25, 0.3) is 0 Å². The van der Waals surface area contributed by atoms with E-state index in [1.54, 1.807) is 19.1 Å². The van der Waals surface area contributed by atoms with Gasteiger partial charge in [0.1, 0.15) is 5.75 Å². The first kappa shape index (κ1) is 19.5. The molecule has 154 valence electrons. The van der Waals surface area contributed by atoms with Crippen molar-refractivity contribution in [3.63, 3.8) is 0 Å². The van der Waals surface area contributed by atoms with Crippen molar-refractivity contribution < 1.29 is 14.3 Å². The SMILES string of the molecule is COc1ccc(-n2ncc3c2CC(C)(C)CC3NC(=O)C2CC(=O)N(C)C2)cc1. The molecule has 0 bridgehead atoms. The summed E-state index contributed by atoms with van der Waals surface area (Å²) in [5.74, 6) is 0.504. The lowest BCUT2D eigenvalue weighted by Gasteiger charge is -2.36. The second-order valence-electron chi connectivity index (χ2n) is 8.94. The Hall–Kier alpha value is -2.83. The number of carbonyl (C=O) groups is 2. The fourth-order valence-corrected chi connectivity index (χ4v) is 4.45. The fraction of sp³-hybridized carbons (Fsp3) is 0.500. The van der Waals surface area contributed by atoms with Crippen LogP contribution in [-0.4, -0.2) is 47.2 Å². The maximum atomic E-state index is 12.8. The van der Waals surface area contributed by atoms with Crippen LogP contribution in [0.2, 0.25) is 0 Å². The molecule has 0 saturated carbocycles. The number of ether oxygens (including phenoxy) is 1. The van der Waals surface area contributed by atoms with Gasteiger partial charge in [0.2, 0.25) is 11.8 Å². The van der Waals surface area contributed by atoms with E-state index in [0.29, 0.717) is 6.54 Å². The van der Waals surface area contributed by atoms with Gasteiger partial charge in [-0.25, -0.2) is 4.68 Å². The largest absolute Gasteiger partial charge is 0.497 e. The molecule has 2 unspecified atom stereocenters. The van der Waals surface area contributed by atoms with Crippen LogP contribution in [0, 0.1) is 11.3 Å². The number of amides is 2. The molecule has 7 nitrogen and oxygen atoms in total. The van der Waals surface area contributed by atoms with E-state index in [4.69, 9.17) is 4.74 Å². The first-order chi connectivity index (χ1) is 13.8. The fourth-order valence-electron chi connectivity index (χ4n) is 4.45. The molecule has 2 aliphatic rings. The summed E-state index contributed by atoms with van der Waals surface area (Å²) >= 11 is 0. The van der Waals surface area contributed by atoms with Crippen molar-refractivity contribution in [2.45, 2.75) is 39.2 Å². The van der Waals surface area contributed by atoms with Gasteiger partial charge < -0.3 is 15.0 Å². The molecule has 1 aliphatic carbocycles. The molecule has 29 heavy (non-hydrogen) atoms. The van der Waals surface area contributed by atoms with Crippen molar-refractivity contribution in [1.82, 2.24) is 20.0 Å². The lowest BCUT2D eigenvalue weighted by atomic mass is 9.74.